The van der Waals surface area contributed by atoms with E-state index < -0.39 is 20.0 Å². The zero-order valence-corrected chi connectivity index (χ0v) is 50.2. The molecule has 0 heterocycles. The number of phosphoric acid groups is 1. The van der Waals surface area contributed by atoms with Crippen LogP contribution in [0.5, 0.6) is 0 Å². The van der Waals surface area contributed by atoms with Crippen molar-refractivity contribution in [1.82, 2.24) is 5.32 Å². The number of ether oxygens (including phenoxy) is 1. The van der Waals surface area contributed by atoms with Crippen LogP contribution in [0.1, 0.15) is 284 Å². The van der Waals surface area contributed by atoms with E-state index in [1.54, 1.807) is 0 Å². The molecule has 1 N–H and O–H groups in total. The number of carbonyl (C=O) groups is 2. The molecule has 0 saturated carbocycles. The molecule has 1 amide bonds. The highest BCUT2D eigenvalue weighted by molar-refractivity contribution is 7.45. The molecule has 9 nitrogen and oxygen atoms in total. The van der Waals surface area contributed by atoms with E-state index in [1.807, 2.05) is 33.3 Å². The van der Waals surface area contributed by atoms with Crippen LogP contribution in [0.15, 0.2) is 60.8 Å². The Kier molecular flexibility index (Phi) is 52.4. The molecule has 0 aromatic heterocycles. The minimum absolute atomic E-state index is 0.0236. The Bertz CT molecular complexity index is 1450. The van der Waals surface area contributed by atoms with Crippen LogP contribution in [0.2, 0.25) is 0 Å². The average Bonchev–Trinajstić information content (AvgIpc) is 3.36. The lowest BCUT2D eigenvalue weighted by molar-refractivity contribution is -0.870. The molecule has 3 atom stereocenters. The number of nitrogens with one attached hydrogen (secondary N) is 1. The summed E-state index contributed by atoms with van der Waals surface area (Å²) in [6, 6.07) is -0.889. The highest BCUT2D eigenvalue weighted by Gasteiger charge is 2.27. The van der Waals surface area contributed by atoms with Gasteiger partial charge in [0, 0.05) is 12.8 Å². The van der Waals surface area contributed by atoms with Gasteiger partial charge in [0.2, 0.25) is 5.91 Å². The molecule has 74 heavy (non-hydrogen) atoms. The number of quaternary nitrogens is 1. The van der Waals surface area contributed by atoms with Gasteiger partial charge in [-0.1, -0.05) is 255 Å². The van der Waals surface area contributed by atoms with E-state index in [-0.39, 0.29) is 31.5 Å². The first-order chi connectivity index (χ1) is 35.9. The van der Waals surface area contributed by atoms with Crippen molar-refractivity contribution in [2.24, 2.45) is 0 Å². The molecular formula is C64H119N2O7P. The van der Waals surface area contributed by atoms with Crippen LogP contribution in [0.4, 0.5) is 0 Å². The molecule has 0 radical (unpaired) electrons. The van der Waals surface area contributed by atoms with Gasteiger partial charge in [-0.15, -0.1) is 0 Å². The van der Waals surface area contributed by atoms with Gasteiger partial charge in [0.1, 0.15) is 19.3 Å². The quantitative estimate of drug-likeness (QED) is 0.0212. The number of phosphoric ester groups is 1. The van der Waals surface area contributed by atoms with Gasteiger partial charge >= 0.3 is 5.97 Å². The summed E-state index contributed by atoms with van der Waals surface area (Å²) in [5.41, 5.74) is 0. The summed E-state index contributed by atoms with van der Waals surface area (Å²) in [6.07, 6.45) is 67.6. The van der Waals surface area contributed by atoms with Gasteiger partial charge in [0.05, 0.1) is 33.8 Å². The van der Waals surface area contributed by atoms with Gasteiger partial charge in [-0.25, -0.2) is 0 Å². The fraction of sp³-hybridized carbons (Fsp3) is 0.812. The van der Waals surface area contributed by atoms with Crippen LogP contribution in [-0.4, -0.2) is 69.4 Å². The van der Waals surface area contributed by atoms with E-state index in [1.165, 1.54) is 161 Å². The van der Waals surface area contributed by atoms with Gasteiger partial charge in [-0.3, -0.25) is 14.2 Å². The molecule has 0 saturated heterocycles. The van der Waals surface area contributed by atoms with Gasteiger partial charge < -0.3 is 28.5 Å². The van der Waals surface area contributed by atoms with E-state index in [4.69, 9.17) is 13.8 Å². The standard InChI is InChI=1S/C64H119N2O7P/c1-7-10-13-16-19-22-25-27-28-29-30-31-32-33-34-35-36-37-38-39-42-44-47-50-53-56-63(67)65-61(60-72-74(69,70)71-59-58-66(4,5)6)62(55-52-49-46-43-41-26-23-20-17-14-11-8-2)73-64(68)57-54-51-48-45-40-24-21-18-15-12-9-3/h19,22,27-28,30-31,33-34,52,55,61-62H,7-18,20-21,23-26,29,32,35-51,53-54,56-60H2,1-6H3,(H-,65,67,69,70)/b22-19-,28-27-,31-30-,34-33-,55-52-. The fourth-order valence-electron chi connectivity index (χ4n) is 8.86. The maximum atomic E-state index is 13.5. The summed E-state index contributed by atoms with van der Waals surface area (Å²) in [5.74, 6) is -0.543. The number of carbonyl (C=O) groups excluding carboxylic acids is 2. The van der Waals surface area contributed by atoms with Crippen molar-refractivity contribution in [2.75, 3.05) is 40.9 Å². The minimum atomic E-state index is -4.70. The third-order valence-electron chi connectivity index (χ3n) is 13.7. The van der Waals surface area contributed by atoms with Crippen molar-refractivity contribution in [3.05, 3.63) is 60.8 Å². The Morgan fingerprint density at radius 2 is 0.824 bits per heavy atom. The van der Waals surface area contributed by atoms with Crippen molar-refractivity contribution < 1.29 is 37.3 Å². The molecule has 0 aliphatic carbocycles. The zero-order chi connectivity index (χ0) is 54.3. The molecule has 0 rings (SSSR count). The van der Waals surface area contributed by atoms with Crippen LogP contribution in [-0.2, 0) is 27.9 Å². The molecule has 0 aliphatic rings. The molecule has 3 unspecified atom stereocenters. The lowest BCUT2D eigenvalue weighted by Gasteiger charge is -2.30. The van der Waals surface area contributed by atoms with Gasteiger partial charge in [-0.2, -0.15) is 0 Å². The lowest BCUT2D eigenvalue weighted by atomic mass is 10.0. The Balaban J connectivity index is 5.11. The number of allylic oxidation sites excluding steroid dienone is 9. The molecule has 0 aromatic carbocycles. The first-order valence-corrected chi connectivity index (χ1v) is 32.6. The monoisotopic (exact) mass is 1060 g/mol. The number of esters is 1. The largest absolute Gasteiger partial charge is 0.756 e. The molecule has 0 spiro atoms. The smallest absolute Gasteiger partial charge is 0.306 e. The Morgan fingerprint density at radius 3 is 1.26 bits per heavy atom. The number of amides is 1. The summed E-state index contributed by atoms with van der Waals surface area (Å²) in [7, 11) is 1.18. The maximum Gasteiger partial charge on any atom is 0.306 e. The van der Waals surface area contributed by atoms with Crippen LogP contribution in [0.25, 0.3) is 0 Å². The van der Waals surface area contributed by atoms with E-state index in [2.05, 4.69) is 74.7 Å². The summed E-state index contributed by atoms with van der Waals surface area (Å²) >= 11 is 0. The van der Waals surface area contributed by atoms with E-state index in [0.29, 0.717) is 17.4 Å². The topological polar surface area (TPSA) is 114 Å². The Hall–Kier alpha value is -2.29. The Labute approximate surface area is 458 Å². The summed E-state index contributed by atoms with van der Waals surface area (Å²) in [5, 5.41) is 3.03. The second-order valence-corrected chi connectivity index (χ2v) is 23.6. The lowest BCUT2D eigenvalue weighted by Crippen LogP contribution is -2.47. The molecule has 432 valence electrons. The van der Waals surface area contributed by atoms with Crippen LogP contribution < -0.4 is 10.2 Å². The highest BCUT2D eigenvalue weighted by atomic mass is 31.2. The summed E-state index contributed by atoms with van der Waals surface area (Å²) < 4.78 is 30.3. The van der Waals surface area contributed by atoms with Gasteiger partial charge in [0.25, 0.3) is 7.82 Å². The van der Waals surface area contributed by atoms with Crippen LogP contribution >= 0.6 is 7.82 Å². The Morgan fingerprint density at radius 1 is 0.473 bits per heavy atom. The fourth-order valence-corrected chi connectivity index (χ4v) is 9.58. The second-order valence-electron chi connectivity index (χ2n) is 22.2. The molecule has 0 aromatic rings. The number of hydrogen-bond donors (Lipinski definition) is 1. The first-order valence-electron chi connectivity index (χ1n) is 31.1. The van der Waals surface area contributed by atoms with Crippen LogP contribution in [0.3, 0.4) is 0 Å². The number of unbranched alkanes of at least 4 members (excludes halogenated alkanes) is 32. The minimum Gasteiger partial charge on any atom is -0.756 e. The zero-order valence-electron chi connectivity index (χ0n) is 49.3. The molecule has 10 heteroatoms. The summed E-state index contributed by atoms with van der Waals surface area (Å²) in [6.45, 7) is 6.81. The van der Waals surface area contributed by atoms with E-state index in [9.17, 15) is 19.0 Å². The number of likely N-dealkylation sites (N-methyl/N-ethyl adjacent to an activating group) is 1. The third-order valence-corrected chi connectivity index (χ3v) is 14.7. The molecular weight excluding hydrogens is 940 g/mol. The van der Waals surface area contributed by atoms with Crippen molar-refractivity contribution in [3.63, 3.8) is 0 Å². The van der Waals surface area contributed by atoms with Crippen LogP contribution in [0, 0.1) is 0 Å². The molecule has 0 aliphatic heterocycles. The van der Waals surface area contributed by atoms with Crippen molar-refractivity contribution in [3.8, 4) is 0 Å². The second kappa shape index (κ2) is 54.1. The summed E-state index contributed by atoms with van der Waals surface area (Å²) in [4.78, 5) is 39.9. The number of hydrogen-bond acceptors (Lipinski definition) is 7. The SMILES string of the molecule is CCCCC/C=C\C/C=C\C/C=C\C/C=C\CCCCCCCCCCCC(=O)NC(COP(=O)([O-])OCC[N+](C)(C)C)C(/C=C\CCCCCCCCCCCC)OC(=O)CCCCCCCCCCCCC. The van der Waals surface area contributed by atoms with E-state index >= 15 is 0 Å². The number of nitrogens with zero attached hydrogens (tertiary/aromatic N) is 1. The average molecular weight is 1060 g/mol. The molecule has 0 fully saturated rings. The highest BCUT2D eigenvalue weighted by Crippen LogP contribution is 2.38. The molecule has 0 bridgehead atoms. The third kappa shape index (κ3) is 54.5. The number of rotatable bonds is 56. The normalized spacial score (nSPS) is 14.1. The van der Waals surface area contributed by atoms with Crippen molar-refractivity contribution >= 4 is 19.7 Å². The van der Waals surface area contributed by atoms with Gasteiger partial charge in [0.15, 0.2) is 0 Å². The predicted octanol–water partition coefficient (Wildman–Crippen LogP) is 18.4. The predicted molar refractivity (Wildman–Crippen MR) is 316 cm³/mol. The van der Waals surface area contributed by atoms with Gasteiger partial charge in [-0.05, 0) is 76.7 Å². The van der Waals surface area contributed by atoms with Crippen molar-refractivity contribution in [2.45, 2.75) is 296 Å². The van der Waals surface area contributed by atoms with Crippen molar-refractivity contribution in [1.29, 1.82) is 0 Å². The first kappa shape index (κ1) is 71.7. The van der Waals surface area contributed by atoms with E-state index in [0.717, 1.165) is 89.9 Å². The maximum absolute atomic E-state index is 13.5.